The molecule has 0 aliphatic rings. The second-order valence-corrected chi connectivity index (χ2v) is 5.73. The average Bonchev–Trinajstić information content (AvgIpc) is 2.19. The Kier molecular flexibility index (Phi) is 13.1. The van der Waals surface area contributed by atoms with Crippen LogP contribution in [0.3, 0.4) is 0 Å². The van der Waals surface area contributed by atoms with E-state index in [9.17, 15) is 0 Å². The van der Waals surface area contributed by atoms with Crippen LogP contribution in [0, 0.1) is 11.3 Å². The van der Waals surface area contributed by atoms with E-state index in [4.69, 9.17) is 18.5 Å². The van der Waals surface area contributed by atoms with E-state index in [1.54, 1.807) is 0 Å². The molecule has 0 fully saturated rings. The van der Waals surface area contributed by atoms with Crippen molar-refractivity contribution in [3.63, 3.8) is 0 Å². The average molecular weight is 265 g/mol. The molecule has 0 saturated heterocycles. The summed E-state index contributed by atoms with van der Waals surface area (Å²) in [6.07, 6.45) is 1.31. The third-order valence-corrected chi connectivity index (χ3v) is 5.02. The van der Waals surface area contributed by atoms with Gasteiger partial charge < -0.3 is 13.3 Å². The van der Waals surface area contributed by atoms with Gasteiger partial charge in [0.1, 0.15) is 0 Å². The summed E-state index contributed by atoms with van der Waals surface area (Å²) in [4.78, 5) is 0. The monoisotopic (exact) mass is 265 g/mol. The molecule has 0 heterocycles. The number of nitriles is 1. The summed E-state index contributed by atoms with van der Waals surface area (Å²) in [5.74, 6) is 0. The van der Waals surface area contributed by atoms with Crippen molar-refractivity contribution in [2.75, 3.05) is 19.8 Å². The molecule has 6 heteroatoms. The van der Waals surface area contributed by atoms with Gasteiger partial charge in [-0.15, -0.1) is 0 Å². The van der Waals surface area contributed by atoms with Crippen LogP contribution in [0.2, 0.25) is 6.04 Å². The Morgan fingerprint density at radius 2 is 1.44 bits per heavy atom. The highest BCUT2D eigenvalue weighted by Crippen LogP contribution is 2.18. The molecule has 96 valence electrons. The molecule has 0 aromatic carbocycles. The summed E-state index contributed by atoms with van der Waals surface area (Å²) in [6.45, 7) is 7.59. The zero-order valence-corrected chi connectivity index (χ0v) is 12.4. The highest BCUT2D eigenvalue weighted by molar-refractivity contribution is 7.59. The molecule has 0 bridgehead atoms. The van der Waals surface area contributed by atoms with E-state index in [0.29, 0.717) is 26.2 Å². The van der Waals surface area contributed by atoms with Crippen LogP contribution in [-0.4, -0.2) is 28.6 Å². The first-order valence-electron chi connectivity index (χ1n) is 5.53. The minimum atomic E-state index is -2.48. The van der Waals surface area contributed by atoms with Crippen LogP contribution in [0.1, 0.15) is 33.6 Å². The summed E-state index contributed by atoms with van der Waals surface area (Å²) in [6, 6.07) is 2.85. The Morgan fingerprint density at radius 3 is 1.75 bits per heavy atom. The van der Waals surface area contributed by atoms with Gasteiger partial charge in [-0.2, -0.15) is 18.8 Å². The van der Waals surface area contributed by atoms with E-state index < -0.39 is 8.80 Å². The third kappa shape index (κ3) is 7.25. The van der Waals surface area contributed by atoms with Crippen molar-refractivity contribution >= 4 is 22.3 Å². The van der Waals surface area contributed by atoms with Gasteiger partial charge in [0.05, 0.1) is 6.07 Å². The molecular formula is C10H23NO3SSi. The van der Waals surface area contributed by atoms with Gasteiger partial charge in [0.15, 0.2) is 0 Å². The van der Waals surface area contributed by atoms with Gasteiger partial charge in [0, 0.05) is 32.3 Å². The fourth-order valence-corrected chi connectivity index (χ4v) is 4.00. The maximum absolute atomic E-state index is 8.50. The molecule has 0 radical (unpaired) electrons. The zero-order valence-electron chi connectivity index (χ0n) is 10.4. The lowest BCUT2D eigenvalue weighted by atomic mass is 10.4. The first-order chi connectivity index (χ1) is 7.24. The van der Waals surface area contributed by atoms with Gasteiger partial charge in [-0.1, -0.05) is 0 Å². The molecule has 0 aliphatic carbocycles. The molecule has 0 atom stereocenters. The summed E-state index contributed by atoms with van der Waals surface area (Å²) >= 11 is 0. The first kappa shape index (κ1) is 18.3. The molecular weight excluding hydrogens is 242 g/mol. The molecule has 0 unspecified atom stereocenters. The number of rotatable bonds is 9. The normalized spacial score (nSPS) is 10.6. The molecule has 0 aliphatic heterocycles. The number of hydrogen-bond donors (Lipinski definition) is 0. The SMILES string of the molecule is CCO[Si](CCCC#N)(OCC)OCC.S. The molecule has 0 saturated carbocycles. The lowest BCUT2D eigenvalue weighted by Crippen LogP contribution is -2.45. The van der Waals surface area contributed by atoms with Crippen LogP contribution < -0.4 is 0 Å². The molecule has 0 spiro atoms. The maximum atomic E-state index is 8.50. The van der Waals surface area contributed by atoms with Crippen LogP contribution in [0.15, 0.2) is 0 Å². The number of hydrogen-bond acceptors (Lipinski definition) is 4. The van der Waals surface area contributed by atoms with E-state index in [0.717, 1.165) is 12.5 Å². The van der Waals surface area contributed by atoms with Gasteiger partial charge in [-0.05, 0) is 27.2 Å². The molecule has 0 amide bonds. The minimum Gasteiger partial charge on any atom is -0.374 e. The van der Waals surface area contributed by atoms with Crippen molar-refractivity contribution in [2.24, 2.45) is 0 Å². The maximum Gasteiger partial charge on any atom is 0.500 e. The van der Waals surface area contributed by atoms with Gasteiger partial charge in [-0.25, -0.2) is 0 Å². The quantitative estimate of drug-likeness (QED) is 0.475. The van der Waals surface area contributed by atoms with Crippen molar-refractivity contribution in [3.8, 4) is 6.07 Å². The van der Waals surface area contributed by atoms with Crippen LogP contribution in [-0.2, 0) is 13.3 Å². The van der Waals surface area contributed by atoms with Crippen molar-refractivity contribution in [2.45, 2.75) is 39.7 Å². The Hall–Kier alpha value is -0.0631. The van der Waals surface area contributed by atoms with E-state index in [-0.39, 0.29) is 13.5 Å². The summed E-state index contributed by atoms with van der Waals surface area (Å²) < 4.78 is 16.9. The second kappa shape index (κ2) is 11.4. The Morgan fingerprint density at radius 1 is 1.00 bits per heavy atom. The van der Waals surface area contributed by atoms with Crippen LogP contribution >= 0.6 is 13.5 Å². The predicted octanol–water partition coefficient (Wildman–Crippen LogP) is 2.45. The topological polar surface area (TPSA) is 51.5 Å². The van der Waals surface area contributed by atoms with Crippen LogP contribution in [0.5, 0.6) is 0 Å². The zero-order chi connectivity index (χ0) is 11.6. The van der Waals surface area contributed by atoms with Gasteiger partial charge in [0.25, 0.3) is 0 Å². The Bertz CT molecular complexity index is 182. The molecule has 0 N–H and O–H groups in total. The fraction of sp³-hybridized carbons (Fsp3) is 0.900. The highest BCUT2D eigenvalue weighted by Gasteiger charge is 2.39. The molecule has 4 nitrogen and oxygen atoms in total. The van der Waals surface area contributed by atoms with E-state index >= 15 is 0 Å². The molecule has 0 aromatic heterocycles. The Balaban J connectivity index is 0. The predicted molar refractivity (Wildman–Crippen MR) is 70.7 cm³/mol. The Labute approximate surface area is 107 Å². The smallest absolute Gasteiger partial charge is 0.374 e. The van der Waals surface area contributed by atoms with Crippen LogP contribution in [0.25, 0.3) is 0 Å². The standard InChI is InChI=1S/C10H21NO3Si.H2S/c1-4-12-15(13-5-2,14-6-3)10-8-7-9-11;/h4-8,10H2,1-3H3;1H2. The number of nitrogens with zero attached hydrogens (tertiary/aromatic N) is 1. The minimum absolute atomic E-state index is 0. The van der Waals surface area contributed by atoms with Gasteiger partial charge in [-0.3, -0.25) is 0 Å². The number of unbranched alkanes of at least 4 members (excludes halogenated alkanes) is 1. The largest absolute Gasteiger partial charge is 0.500 e. The van der Waals surface area contributed by atoms with Crippen molar-refractivity contribution in [1.29, 1.82) is 5.26 Å². The first-order valence-corrected chi connectivity index (χ1v) is 7.46. The molecule has 0 rings (SSSR count). The summed E-state index contributed by atoms with van der Waals surface area (Å²) in [5.41, 5.74) is 0. The summed E-state index contributed by atoms with van der Waals surface area (Å²) in [5, 5.41) is 8.50. The second-order valence-electron chi connectivity index (χ2n) is 2.99. The van der Waals surface area contributed by atoms with E-state index in [1.807, 2.05) is 20.8 Å². The lowest BCUT2D eigenvalue weighted by Gasteiger charge is -2.28. The van der Waals surface area contributed by atoms with E-state index in [1.165, 1.54) is 0 Å². The lowest BCUT2D eigenvalue weighted by molar-refractivity contribution is 0.0709. The van der Waals surface area contributed by atoms with Crippen molar-refractivity contribution in [3.05, 3.63) is 0 Å². The van der Waals surface area contributed by atoms with Crippen molar-refractivity contribution in [1.82, 2.24) is 0 Å². The third-order valence-electron chi connectivity index (χ3n) is 1.86. The fourth-order valence-electron chi connectivity index (χ4n) is 1.39. The van der Waals surface area contributed by atoms with Gasteiger partial charge in [0.2, 0.25) is 0 Å². The van der Waals surface area contributed by atoms with E-state index in [2.05, 4.69) is 6.07 Å². The highest BCUT2D eigenvalue weighted by atomic mass is 32.1. The molecule has 0 aromatic rings. The van der Waals surface area contributed by atoms with Gasteiger partial charge >= 0.3 is 8.80 Å². The molecule has 16 heavy (non-hydrogen) atoms. The van der Waals surface area contributed by atoms with Crippen LogP contribution in [0.4, 0.5) is 0 Å². The summed E-state index contributed by atoms with van der Waals surface area (Å²) in [7, 11) is -2.48. The van der Waals surface area contributed by atoms with Crippen molar-refractivity contribution < 1.29 is 13.3 Å².